The van der Waals surface area contributed by atoms with Gasteiger partial charge in [-0.15, -0.1) is 0 Å². The third-order valence-corrected chi connectivity index (χ3v) is 2.59. The molecule has 98 valence electrons. The van der Waals surface area contributed by atoms with Crippen LogP contribution >= 0.6 is 0 Å². The number of aromatic nitrogens is 1. The van der Waals surface area contributed by atoms with Gasteiger partial charge in [0, 0.05) is 19.0 Å². The minimum absolute atomic E-state index is 0.255. The number of amides is 1. The first-order valence-corrected chi connectivity index (χ1v) is 5.79. The van der Waals surface area contributed by atoms with Crippen LogP contribution in [0.3, 0.4) is 0 Å². The van der Waals surface area contributed by atoms with E-state index in [-0.39, 0.29) is 5.91 Å². The number of methoxy groups -OCH3 is 1. The van der Waals surface area contributed by atoms with Gasteiger partial charge in [-0.3, -0.25) is 9.78 Å². The van der Waals surface area contributed by atoms with Crippen LogP contribution in [0.25, 0.3) is 0 Å². The first-order chi connectivity index (χ1) is 9.20. The average Bonchev–Trinajstić information content (AvgIpc) is 2.40. The molecule has 1 heterocycles. The number of nitrogens with zero attached hydrogens (tertiary/aromatic N) is 1. The van der Waals surface area contributed by atoms with Gasteiger partial charge in [0.05, 0.1) is 24.1 Å². The van der Waals surface area contributed by atoms with Crippen LogP contribution in [0.4, 0.5) is 11.4 Å². The normalized spacial score (nSPS) is 10.2. The van der Waals surface area contributed by atoms with E-state index in [9.17, 15) is 4.79 Å². The topological polar surface area (TPSA) is 77.2 Å². The molecule has 5 nitrogen and oxygen atoms in total. The van der Waals surface area contributed by atoms with Crippen LogP contribution in [-0.4, -0.2) is 18.0 Å². The highest BCUT2D eigenvalue weighted by Gasteiger charge is 2.09. The van der Waals surface area contributed by atoms with Crippen molar-refractivity contribution in [2.45, 2.75) is 6.61 Å². The van der Waals surface area contributed by atoms with Crippen LogP contribution in [0.1, 0.15) is 15.9 Å². The van der Waals surface area contributed by atoms with Gasteiger partial charge in [-0.05, 0) is 23.8 Å². The molecule has 0 fully saturated rings. The summed E-state index contributed by atoms with van der Waals surface area (Å²) in [5.41, 5.74) is 8.17. The number of nitrogens with two attached hydrogens (primary N) is 1. The van der Waals surface area contributed by atoms with Crippen LogP contribution in [0.15, 0.2) is 42.7 Å². The van der Waals surface area contributed by atoms with Crippen LogP contribution in [0, 0.1) is 0 Å². The third-order valence-electron chi connectivity index (χ3n) is 2.59. The number of ether oxygens (including phenoxy) is 1. The average molecular weight is 257 g/mol. The largest absolute Gasteiger partial charge is 0.397 e. The number of carbonyl (C=O) groups is 1. The van der Waals surface area contributed by atoms with Gasteiger partial charge >= 0.3 is 0 Å². The predicted octanol–water partition coefficient (Wildman–Crippen LogP) is 2.06. The molecule has 0 aliphatic carbocycles. The second-order valence-corrected chi connectivity index (χ2v) is 4.05. The molecule has 0 saturated heterocycles. The van der Waals surface area contributed by atoms with Gasteiger partial charge in [-0.2, -0.15) is 0 Å². The lowest BCUT2D eigenvalue weighted by molar-refractivity contribution is 0.102. The van der Waals surface area contributed by atoms with Crippen molar-refractivity contribution in [2.24, 2.45) is 0 Å². The molecule has 2 aromatic rings. The van der Waals surface area contributed by atoms with E-state index in [1.165, 1.54) is 12.4 Å². The number of anilines is 2. The van der Waals surface area contributed by atoms with Gasteiger partial charge < -0.3 is 15.8 Å². The molecule has 0 bridgehead atoms. The van der Waals surface area contributed by atoms with Gasteiger partial charge in [0.2, 0.25) is 0 Å². The summed E-state index contributed by atoms with van der Waals surface area (Å²) < 4.78 is 5.05. The van der Waals surface area contributed by atoms with Crippen molar-refractivity contribution in [3.63, 3.8) is 0 Å². The van der Waals surface area contributed by atoms with Crippen LogP contribution in [0.5, 0.6) is 0 Å². The van der Waals surface area contributed by atoms with E-state index in [4.69, 9.17) is 10.5 Å². The highest BCUT2D eigenvalue weighted by atomic mass is 16.5. The van der Waals surface area contributed by atoms with Crippen molar-refractivity contribution in [1.29, 1.82) is 0 Å². The maximum atomic E-state index is 12.1. The number of pyridine rings is 1. The third kappa shape index (κ3) is 3.29. The van der Waals surface area contributed by atoms with Crippen LogP contribution < -0.4 is 11.1 Å². The molecule has 5 heteroatoms. The minimum Gasteiger partial charge on any atom is -0.397 e. The molecule has 0 aliphatic rings. The molecular formula is C14H15N3O2. The number of nitrogen functional groups attached to an aromatic ring is 1. The fourth-order valence-electron chi connectivity index (χ4n) is 1.72. The Labute approximate surface area is 111 Å². The van der Waals surface area contributed by atoms with Gasteiger partial charge in [0.25, 0.3) is 5.91 Å². The lowest BCUT2D eigenvalue weighted by Gasteiger charge is -2.08. The molecule has 0 spiro atoms. The fraction of sp³-hybridized carbons (Fsp3) is 0.143. The summed E-state index contributed by atoms with van der Waals surface area (Å²) in [7, 11) is 1.63. The molecule has 1 aromatic heterocycles. The van der Waals surface area contributed by atoms with E-state index in [1.807, 2.05) is 24.3 Å². The van der Waals surface area contributed by atoms with Crippen molar-refractivity contribution in [2.75, 3.05) is 18.2 Å². The highest BCUT2D eigenvalue weighted by Crippen LogP contribution is 2.15. The van der Waals surface area contributed by atoms with Crippen molar-refractivity contribution in [3.05, 3.63) is 53.9 Å². The van der Waals surface area contributed by atoms with Gasteiger partial charge in [-0.25, -0.2) is 0 Å². The predicted molar refractivity (Wildman–Crippen MR) is 73.8 cm³/mol. The Morgan fingerprint density at radius 2 is 2.26 bits per heavy atom. The fourth-order valence-corrected chi connectivity index (χ4v) is 1.72. The standard InChI is InChI=1S/C14H15N3O2/c1-19-9-10-3-2-4-11(7-10)17-14(18)12-5-6-16-8-13(12)15/h2-8H,9,15H2,1H3,(H,17,18). The minimum atomic E-state index is -0.255. The second kappa shape index (κ2) is 5.97. The first-order valence-electron chi connectivity index (χ1n) is 5.79. The molecular weight excluding hydrogens is 242 g/mol. The Balaban J connectivity index is 2.15. The van der Waals surface area contributed by atoms with E-state index < -0.39 is 0 Å². The summed E-state index contributed by atoms with van der Waals surface area (Å²) in [5, 5.41) is 2.80. The first kappa shape index (κ1) is 13.0. The Kier molecular flexibility index (Phi) is 4.10. The smallest absolute Gasteiger partial charge is 0.257 e. The number of benzene rings is 1. The van der Waals surface area contributed by atoms with Crippen molar-refractivity contribution < 1.29 is 9.53 Å². The number of nitrogens with one attached hydrogen (secondary N) is 1. The van der Waals surface area contributed by atoms with E-state index in [2.05, 4.69) is 10.3 Å². The van der Waals surface area contributed by atoms with Gasteiger partial charge in [0.1, 0.15) is 0 Å². The molecule has 1 amide bonds. The lowest BCUT2D eigenvalue weighted by atomic mass is 10.2. The summed E-state index contributed by atoms with van der Waals surface area (Å²) in [4.78, 5) is 15.9. The van der Waals surface area contributed by atoms with Gasteiger partial charge in [-0.1, -0.05) is 12.1 Å². The monoisotopic (exact) mass is 257 g/mol. The van der Waals surface area contributed by atoms with Crippen molar-refractivity contribution in [3.8, 4) is 0 Å². The molecule has 0 unspecified atom stereocenters. The van der Waals surface area contributed by atoms with Crippen molar-refractivity contribution >= 4 is 17.3 Å². The zero-order valence-electron chi connectivity index (χ0n) is 10.6. The van der Waals surface area contributed by atoms with E-state index in [1.54, 1.807) is 13.2 Å². The molecule has 1 aromatic carbocycles. The second-order valence-electron chi connectivity index (χ2n) is 4.05. The van der Waals surface area contributed by atoms with E-state index >= 15 is 0 Å². The quantitative estimate of drug-likeness (QED) is 0.879. The number of hydrogen-bond acceptors (Lipinski definition) is 4. The van der Waals surface area contributed by atoms with Crippen LogP contribution in [-0.2, 0) is 11.3 Å². The molecule has 3 N–H and O–H groups in total. The molecule has 0 atom stereocenters. The molecule has 0 radical (unpaired) electrons. The van der Waals surface area contributed by atoms with E-state index in [0.717, 1.165) is 5.56 Å². The Morgan fingerprint density at radius 1 is 1.42 bits per heavy atom. The van der Waals surface area contributed by atoms with Gasteiger partial charge in [0.15, 0.2) is 0 Å². The Hall–Kier alpha value is -2.40. The lowest BCUT2D eigenvalue weighted by Crippen LogP contribution is -2.14. The molecule has 19 heavy (non-hydrogen) atoms. The number of carbonyl (C=O) groups excluding carboxylic acids is 1. The summed E-state index contributed by atoms with van der Waals surface area (Å²) in [6.45, 7) is 0.501. The SMILES string of the molecule is COCc1cccc(NC(=O)c2ccncc2N)c1. The Bertz CT molecular complexity index is 584. The molecule has 2 rings (SSSR count). The number of rotatable bonds is 4. The Morgan fingerprint density at radius 3 is 3.00 bits per heavy atom. The summed E-state index contributed by atoms with van der Waals surface area (Å²) in [6.07, 6.45) is 2.99. The maximum Gasteiger partial charge on any atom is 0.257 e. The van der Waals surface area contributed by atoms with Crippen LogP contribution in [0.2, 0.25) is 0 Å². The molecule has 0 saturated carbocycles. The number of hydrogen-bond donors (Lipinski definition) is 2. The summed E-state index contributed by atoms with van der Waals surface area (Å²) in [6, 6.07) is 9.05. The highest BCUT2D eigenvalue weighted by molar-refractivity contribution is 6.07. The zero-order valence-corrected chi connectivity index (χ0v) is 10.6. The van der Waals surface area contributed by atoms with Crippen molar-refractivity contribution in [1.82, 2.24) is 4.98 Å². The maximum absolute atomic E-state index is 12.1. The molecule has 0 aliphatic heterocycles. The zero-order chi connectivity index (χ0) is 13.7. The summed E-state index contributed by atoms with van der Waals surface area (Å²) >= 11 is 0. The summed E-state index contributed by atoms with van der Waals surface area (Å²) in [5.74, 6) is -0.255. The van der Waals surface area contributed by atoms with E-state index in [0.29, 0.717) is 23.5 Å².